The Balaban J connectivity index is 1.61. The van der Waals surface area contributed by atoms with Crippen LogP contribution in [0.1, 0.15) is 33.9 Å². The van der Waals surface area contributed by atoms with Crippen LogP contribution in [-0.4, -0.2) is 20.6 Å². The zero-order valence-corrected chi connectivity index (χ0v) is 19.0. The van der Waals surface area contributed by atoms with Crippen LogP contribution in [0.5, 0.6) is 11.5 Å². The SMILES string of the molecule is Cc1cc(N[C@@H](C/C=C/C(=O)c2c(O)c3ccccc3n(C)c2=O)c2ccccc2)ccc1O. The highest BCUT2D eigenvalue weighted by molar-refractivity contribution is 6.09. The van der Waals surface area contributed by atoms with Crippen LogP contribution in [0.15, 0.2) is 89.7 Å². The van der Waals surface area contributed by atoms with E-state index in [1.165, 1.54) is 10.6 Å². The lowest BCUT2D eigenvalue weighted by Gasteiger charge is -2.19. The van der Waals surface area contributed by atoms with E-state index in [-0.39, 0.29) is 23.1 Å². The number of benzene rings is 3. The first kappa shape index (κ1) is 22.9. The van der Waals surface area contributed by atoms with Crippen molar-refractivity contribution in [3.05, 3.63) is 112 Å². The van der Waals surface area contributed by atoms with Gasteiger partial charge in [0.15, 0.2) is 5.78 Å². The summed E-state index contributed by atoms with van der Waals surface area (Å²) in [6.07, 6.45) is 3.50. The normalized spacial score (nSPS) is 12.2. The number of para-hydroxylation sites is 1. The Morgan fingerprint density at radius 1 is 1.03 bits per heavy atom. The van der Waals surface area contributed by atoms with Gasteiger partial charge in [0.05, 0.1) is 11.6 Å². The first-order chi connectivity index (χ1) is 16.4. The van der Waals surface area contributed by atoms with Crippen LogP contribution in [-0.2, 0) is 7.05 Å². The zero-order valence-electron chi connectivity index (χ0n) is 19.0. The molecule has 1 heterocycles. The molecule has 4 aromatic rings. The first-order valence-corrected chi connectivity index (χ1v) is 11.0. The van der Waals surface area contributed by atoms with Gasteiger partial charge in [0, 0.05) is 18.1 Å². The molecule has 0 radical (unpaired) electrons. The smallest absolute Gasteiger partial charge is 0.265 e. The molecular weight excluding hydrogens is 428 g/mol. The quantitative estimate of drug-likeness (QED) is 0.202. The summed E-state index contributed by atoms with van der Waals surface area (Å²) in [5.41, 5.74) is 2.40. The van der Waals surface area contributed by atoms with E-state index in [9.17, 15) is 19.8 Å². The number of fused-ring (bicyclic) bond motifs is 1. The fraction of sp³-hybridized carbons (Fsp3) is 0.143. The van der Waals surface area contributed by atoms with Gasteiger partial charge in [0.25, 0.3) is 5.56 Å². The summed E-state index contributed by atoms with van der Waals surface area (Å²) in [6.45, 7) is 1.83. The Hall–Kier alpha value is -4.32. The number of phenols is 1. The summed E-state index contributed by atoms with van der Waals surface area (Å²) in [5, 5.41) is 24.4. The number of aromatic nitrogens is 1. The largest absolute Gasteiger partial charge is 0.508 e. The molecule has 6 heteroatoms. The van der Waals surface area contributed by atoms with Gasteiger partial charge in [-0.2, -0.15) is 0 Å². The number of carbonyl (C=O) groups is 1. The minimum absolute atomic E-state index is 0.151. The van der Waals surface area contributed by atoms with E-state index in [1.807, 2.05) is 43.3 Å². The van der Waals surface area contributed by atoms with Crippen molar-refractivity contribution < 1.29 is 15.0 Å². The summed E-state index contributed by atoms with van der Waals surface area (Å²) < 4.78 is 1.37. The number of hydrogen-bond donors (Lipinski definition) is 3. The minimum atomic E-state index is -0.545. The summed E-state index contributed by atoms with van der Waals surface area (Å²) >= 11 is 0. The van der Waals surface area contributed by atoms with Crippen LogP contribution in [0, 0.1) is 6.92 Å². The van der Waals surface area contributed by atoms with E-state index in [4.69, 9.17) is 0 Å². The van der Waals surface area contributed by atoms with E-state index in [1.54, 1.807) is 49.5 Å². The predicted molar refractivity (Wildman–Crippen MR) is 135 cm³/mol. The Morgan fingerprint density at radius 2 is 1.74 bits per heavy atom. The van der Waals surface area contributed by atoms with Gasteiger partial charge in [-0.1, -0.05) is 48.5 Å². The lowest BCUT2D eigenvalue weighted by molar-refractivity contribution is 0.104. The molecule has 4 rings (SSSR count). The number of carbonyl (C=O) groups excluding carboxylic acids is 1. The van der Waals surface area contributed by atoms with Gasteiger partial charge in [0.1, 0.15) is 17.1 Å². The molecule has 0 spiro atoms. The number of aryl methyl sites for hydroxylation is 2. The molecule has 0 aliphatic rings. The molecule has 0 aliphatic heterocycles. The molecule has 1 atom stereocenters. The van der Waals surface area contributed by atoms with Gasteiger partial charge in [-0.3, -0.25) is 9.59 Å². The Morgan fingerprint density at radius 3 is 2.47 bits per heavy atom. The number of nitrogens with zero attached hydrogens (tertiary/aromatic N) is 1. The van der Waals surface area contributed by atoms with Crippen molar-refractivity contribution in [1.29, 1.82) is 0 Å². The van der Waals surface area contributed by atoms with Gasteiger partial charge in [-0.15, -0.1) is 0 Å². The maximum Gasteiger partial charge on any atom is 0.265 e. The van der Waals surface area contributed by atoms with Gasteiger partial charge >= 0.3 is 0 Å². The molecular formula is C28H26N2O4. The lowest BCUT2D eigenvalue weighted by atomic mass is 10.0. The molecule has 0 saturated heterocycles. The van der Waals surface area contributed by atoms with E-state index < -0.39 is 11.3 Å². The summed E-state index contributed by atoms with van der Waals surface area (Å²) in [6, 6.07) is 21.9. The van der Waals surface area contributed by atoms with Crippen molar-refractivity contribution in [3.8, 4) is 11.5 Å². The number of nitrogens with one attached hydrogen (secondary N) is 1. The fourth-order valence-corrected chi connectivity index (χ4v) is 4.01. The standard InChI is InChI=1S/C28H26N2O4/c1-18-17-20(15-16-24(18)31)29-22(19-9-4-3-5-10-19)12-8-14-25(32)26-27(33)21-11-6-7-13-23(21)30(2)28(26)34/h3-11,13-17,22,29,31,33H,12H2,1-2H3/b14-8+/t22-/m0/s1. The molecule has 6 nitrogen and oxygen atoms in total. The second kappa shape index (κ2) is 9.67. The third kappa shape index (κ3) is 4.57. The Labute approximate surface area is 197 Å². The van der Waals surface area contributed by atoms with E-state index >= 15 is 0 Å². The van der Waals surface area contributed by atoms with Crippen molar-refractivity contribution in [2.75, 3.05) is 5.32 Å². The van der Waals surface area contributed by atoms with Crippen LogP contribution in [0.3, 0.4) is 0 Å². The fourth-order valence-electron chi connectivity index (χ4n) is 4.01. The summed E-state index contributed by atoms with van der Waals surface area (Å²) in [7, 11) is 1.58. The van der Waals surface area contributed by atoms with Gasteiger partial charge in [-0.25, -0.2) is 0 Å². The van der Waals surface area contributed by atoms with Crippen molar-refractivity contribution in [2.45, 2.75) is 19.4 Å². The highest BCUT2D eigenvalue weighted by atomic mass is 16.3. The second-order valence-corrected chi connectivity index (χ2v) is 8.22. The summed E-state index contributed by atoms with van der Waals surface area (Å²) in [5.74, 6) is -0.620. The molecule has 172 valence electrons. The molecule has 3 N–H and O–H groups in total. The highest BCUT2D eigenvalue weighted by Gasteiger charge is 2.19. The van der Waals surface area contributed by atoms with E-state index in [0.29, 0.717) is 17.3 Å². The van der Waals surface area contributed by atoms with Crippen LogP contribution >= 0.6 is 0 Å². The number of aromatic hydroxyl groups is 2. The molecule has 0 saturated carbocycles. The molecule has 0 bridgehead atoms. The maximum atomic E-state index is 12.9. The average molecular weight is 455 g/mol. The lowest BCUT2D eigenvalue weighted by Crippen LogP contribution is -2.24. The van der Waals surface area contributed by atoms with Crippen molar-refractivity contribution in [1.82, 2.24) is 4.57 Å². The number of rotatable bonds is 7. The van der Waals surface area contributed by atoms with Crippen molar-refractivity contribution in [2.24, 2.45) is 7.05 Å². The Bertz CT molecular complexity index is 1440. The maximum absolute atomic E-state index is 12.9. The molecule has 0 amide bonds. The average Bonchev–Trinajstić information content (AvgIpc) is 2.85. The topological polar surface area (TPSA) is 91.6 Å². The molecule has 0 aliphatic carbocycles. The summed E-state index contributed by atoms with van der Waals surface area (Å²) in [4.78, 5) is 25.7. The highest BCUT2D eigenvalue weighted by Crippen LogP contribution is 2.28. The van der Waals surface area contributed by atoms with Crippen LogP contribution in [0.2, 0.25) is 0 Å². The number of pyridine rings is 1. The van der Waals surface area contributed by atoms with Gasteiger partial charge in [0.2, 0.25) is 0 Å². The third-order valence-corrected chi connectivity index (χ3v) is 5.90. The van der Waals surface area contributed by atoms with Crippen LogP contribution in [0.4, 0.5) is 5.69 Å². The molecule has 3 aromatic carbocycles. The van der Waals surface area contributed by atoms with Crippen molar-refractivity contribution in [3.63, 3.8) is 0 Å². The van der Waals surface area contributed by atoms with Gasteiger partial charge < -0.3 is 20.1 Å². The van der Waals surface area contributed by atoms with E-state index in [0.717, 1.165) is 16.8 Å². The third-order valence-electron chi connectivity index (χ3n) is 5.90. The van der Waals surface area contributed by atoms with E-state index in [2.05, 4.69) is 5.32 Å². The number of ketones is 1. The second-order valence-electron chi connectivity index (χ2n) is 8.22. The molecule has 0 unspecified atom stereocenters. The monoisotopic (exact) mass is 454 g/mol. The number of phenolic OH excluding ortho intramolecular Hbond substituents is 1. The molecule has 0 fully saturated rings. The molecule has 1 aromatic heterocycles. The number of allylic oxidation sites excluding steroid dienone is 1. The number of hydrogen-bond acceptors (Lipinski definition) is 5. The van der Waals surface area contributed by atoms with Crippen LogP contribution in [0.25, 0.3) is 10.9 Å². The van der Waals surface area contributed by atoms with Gasteiger partial charge in [-0.05, 0) is 60.9 Å². The Kier molecular flexibility index (Phi) is 6.50. The number of anilines is 1. The molecule has 34 heavy (non-hydrogen) atoms. The first-order valence-electron chi connectivity index (χ1n) is 11.0. The zero-order chi connectivity index (χ0) is 24.2. The van der Waals surface area contributed by atoms with Crippen molar-refractivity contribution >= 4 is 22.4 Å². The van der Waals surface area contributed by atoms with Crippen LogP contribution < -0.4 is 10.9 Å². The minimum Gasteiger partial charge on any atom is -0.508 e. The predicted octanol–water partition coefficient (Wildman–Crippen LogP) is 5.24.